The molecule has 0 bridgehead atoms. The van der Waals surface area contributed by atoms with E-state index in [1.165, 1.54) is 91.8 Å². The second-order valence-corrected chi connectivity index (χ2v) is 22.2. The monoisotopic (exact) mass is 907 g/mol. The van der Waals surface area contributed by atoms with Crippen molar-refractivity contribution in [2.45, 2.75) is 0 Å². The first-order chi connectivity index (χ1) is 34.8. The summed E-state index contributed by atoms with van der Waals surface area (Å²) in [6.07, 6.45) is 0. The zero-order valence-electron chi connectivity index (χ0n) is 38.3. The van der Waals surface area contributed by atoms with E-state index >= 15 is 0 Å². The number of benzene rings is 11. The molecule has 0 aliphatic carbocycles. The zero-order chi connectivity index (χ0) is 46.2. The van der Waals surface area contributed by atoms with Gasteiger partial charge in [-0.2, -0.15) is 0 Å². The summed E-state index contributed by atoms with van der Waals surface area (Å²) in [5.41, 5.74) is 12.9. The fraction of sp³-hybridized carbons (Fsp3) is 0. The Bertz CT molecular complexity index is 4110. The van der Waals surface area contributed by atoms with Crippen LogP contribution in [0.5, 0.6) is 0 Å². The van der Waals surface area contributed by atoms with E-state index < -0.39 is 8.07 Å². The number of fused-ring (bicyclic) bond motifs is 9. The molecule has 0 saturated carbocycles. The molecular weight excluding hydrogens is 863 g/mol. The predicted octanol–water partition coefficient (Wildman–Crippen LogP) is 14.0. The molecule has 0 spiro atoms. The van der Waals surface area contributed by atoms with Gasteiger partial charge in [0.05, 0.1) is 38.8 Å². The lowest BCUT2D eigenvalue weighted by molar-refractivity contribution is 1.15. The normalized spacial score (nSPS) is 12.0. The van der Waals surface area contributed by atoms with Crippen molar-refractivity contribution in [1.29, 1.82) is 0 Å². The molecule has 0 atom stereocenters. The van der Waals surface area contributed by atoms with Gasteiger partial charge in [-0.15, -0.1) is 0 Å². The van der Waals surface area contributed by atoms with Crippen molar-refractivity contribution in [1.82, 2.24) is 13.7 Å². The molecule has 0 fully saturated rings. The summed E-state index contributed by atoms with van der Waals surface area (Å²) >= 11 is 0. The van der Waals surface area contributed by atoms with Gasteiger partial charge in [-0.05, 0) is 92.5 Å². The Morgan fingerprint density at radius 1 is 0.229 bits per heavy atom. The first kappa shape index (κ1) is 40.1. The zero-order valence-corrected chi connectivity index (χ0v) is 39.3. The third-order valence-electron chi connectivity index (χ3n) is 14.8. The molecule has 0 aliphatic heterocycles. The summed E-state index contributed by atoms with van der Waals surface area (Å²) in [6.45, 7) is 0. The number of para-hydroxylation sites is 3. The van der Waals surface area contributed by atoms with Gasteiger partial charge in [-0.25, -0.2) is 0 Å². The molecule has 0 radical (unpaired) electrons. The van der Waals surface area contributed by atoms with E-state index in [1.807, 2.05) is 0 Å². The first-order valence-electron chi connectivity index (χ1n) is 24.2. The van der Waals surface area contributed by atoms with E-state index in [4.69, 9.17) is 0 Å². The van der Waals surface area contributed by atoms with Gasteiger partial charge in [0.15, 0.2) is 8.07 Å². The van der Waals surface area contributed by atoms with E-state index in [0.29, 0.717) is 0 Å². The van der Waals surface area contributed by atoms with Crippen LogP contribution in [-0.2, 0) is 0 Å². The molecule has 14 rings (SSSR count). The largest absolute Gasteiger partial charge is 0.309 e. The van der Waals surface area contributed by atoms with E-state index in [-0.39, 0.29) is 0 Å². The lowest BCUT2D eigenvalue weighted by atomic mass is 10.1. The summed E-state index contributed by atoms with van der Waals surface area (Å²) in [5, 5.41) is 12.8. The molecule has 3 aromatic heterocycles. The SMILES string of the molecule is c1ccc(-c2ccc(-n3c4ccccc4c4ccc(-n5c6ccc([Si](c7ccccc7)(c7ccccc7)c7ccccc7)cc6c6c(-n7c8ccccc8c8ccccc87)cccc65)cc43)cc2)cc1. The van der Waals surface area contributed by atoms with Crippen molar-refractivity contribution >= 4 is 94.2 Å². The number of rotatable bonds is 8. The average molecular weight is 908 g/mol. The summed E-state index contributed by atoms with van der Waals surface area (Å²) in [6, 6.07) is 101. The maximum atomic E-state index is 2.56. The van der Waals surface area contributed by atoms with Crippen LogP contribution in [0.1, 0.15) is 0 Å². The lowest BCUT2D eigenvalue weighted by Crippen LogP contribution is -2.74. The summed E-state index contributed by atoms with van der Waals surface area (Å²) in [7, 11) is -2.89. The van der Waals surface area contributed by atoms with Gasteiger partial charge in [-0.3, -0.25) is 0 Å². The molecular formula is C66H45N3Si. The number of aromatic nitrogens is 3. The average Bonchev–Trinajstić information content (AvgIpc) is 4.08. The quantitative estimate of drug-likeness (QED) is 0.107. The Labute approximate surface area is 407 Å². The lowest BCUT2D eigenvalue weighted by Gasteiger charge is -2.34. The van der Waals surface area contributed by atoms with Crippen LogP contribution in [0.3, 0.4) is 0 Å². The maximum absolute atomic E-state index is 2.89. The van der Waals surface area contributed by atoms with Gasteiger partial charge in [0.2, 0.25) is 0 Å². The van der Waals surface area contributed by atoms with Gasteiger partial charge in [0.25, 0.3) is 0 Å². The van der Waals surface area contributed by atoms with Crippen molar-refractivity contribution in [3.05, 3.63) is 273 Å². The molecule has 0 N–H and O–H groups in total. The third kappa shape index (κ3) is 6.00. The highest BCUT2D eigenvalue weighted by atomic mass is 28.3. The summed E-state index contributed by atoms with van der Waals surface area (Å²) in [4.78, 5) is 0. The second kappa shape index (κ2) is 16.1. The molecule has 14 aromatic rings. The molecule has 70 heavy (non-hydrogen) atoms. The van der Waals surface area contributed by atoms with Crippen LogP contribution in [0.25, 0.3) is 93.6 Å². The van der Waals surface area contributed by atoms with Crippen molar-refractivity contribution < 1.29 is 0 Å². The molecule has 3 heterocycles. The maximum Gasteiger partial charge on any atom is 0.179 e. The molecule has 0 saturated heterocycles. The summed E-state index contributed by atoms with van der Waals surface area (Å²) in [5.74, 6) is 0. The molecule has 0 unspecified atom stereocenters. The Balaban J connectivity index is 1.09. The van der Waals surface area contributed by atoms with Crippen molar-refractivity contribution in [2.24, 2.45) is 0 Å². The minimum atomic E-state index is -2.89. The highest BCUT2D eigenvalue weighted by molar-refractivity contribution is 7.20. The van der Waals surface area contributed by atoms with Crippen LogP contribution in [0, 0.1) is 0 Å². The first-order valence-corrected chi connectivity index (χ1v) is 26.2. The topological polar surface area (TPSA) is 14.8 Å². The second-order valence-electron chi connectivity index (χ2n) is 18.4. The molecule has 3 nitrogen and oxygen atoms in total. The number of hydrogen-bond donors (Lipinski definition) is 0. The van der Waals surface area contributed by atoms with Crippen molar-refractivity contribution in [3.8, 4) is 28.2 Å². The fourth-order valence-electron chi connectivity index (χ4n) is 11.8. The predicted molar refractivity (Wildman–Crippen MR) is 299 cm³/mol. The fourth-order valence-corrected chi connectivity index (χ4v) is 16.6. The Morgan fingerprint density at radius 2 is 0.657 bits per heavy atom. The van der Waals surface area contributed by atoms with Gasteiger partial charge in [0, 0.05) is 43.7 Å². The molecule has 0 amide bonds. The van der Waals surface area contributed by atoms with Gasteiger partial charge < -0.3 is 13.7 Å². The standard InChI is InChI=1S/C66H45N3Si/c1-5-20-46(21-6-1)47-36-38-48(39-37-47)67-59-31-16-13-30-56(59)57-42-40-49(44-65(57)67)68-62-43-41-53(70(50-22-7-2-8-23-50,51-24-9-3-10-25-51)52-26-11-4-12-27-52)45-58(62)66-63(68)34-19-35-64(66)69-60-32-17-14-28-54(60)55-29-15-18-33-61(55)69/h1-45H. The van der Waals surface area contributed by atoms with Crippen LogP contribution in [-0.4, -0.2) is 21.8 Å². The molecule has 0 aliphatic rings. The Hall–Kier alpha value is -8.96. The van der Waals surface area contributed by atoms with Crippen LogP contribution < -0.4 is 20.7 Å². The van der Waals surface area contributed by atoms with Gasteiger partial charge in [-0.1, -0.05) is 212 Å². The number of nitrogens with zero attached hydrogens (tertiary/aromatic N) is 3. The Morgan fingerprint density at radius 3 is 1.23 bits per heavy atom. The highest BCUT2D eigenvalue weighted by Crippen LogP contribution is 2.41. The van der Waals surface area contributed by atoms with E-state index in [0.717, 1.165) is 22.6 Å². The van der Waals surface area contributed by atoms with Gasteiger partial charge >= 0.3 is 0 Å². The minimum absolute atomic E-state index is 1.11. The van der Waals surface area contributed by atoms with E-state index in [9.17, 15) is 0 Å². The van der Waals surface area contributed by atoms with Crippen LogP contribution in [0.15, 0.2) is 273 Å². The van der Waals surface area contributed by atoms with Gasteiger partial charge in [0.1, 0.15) is 0 Å². The van der Waals surface area contributed by atoms with Crippen LogP contribution in [0.4, 0.5) is 0 Å². The van der Waals surface area contributed by atoms with Crippen molar-refractivity contribution in [3.63, 3.8) is 0 Å². The summed E-state index contributed by atoms with van der Waals surface area (Å²) < 4.78 is 7.46. The third-order valence-corrected chi connectivity index (χ3v) is 19.6. The minimum Gasteiger partial charge on any atom is -0.309 e. The van der Waals surface area contributed by atoms with Crippen LogP contribution in [0.2, 0.25) is 0 Å². The Kier molecular flexibility index (Phi) is 9.23. The molecule has 328 valence electrons. The van der Waals surface area contributed by atoms with Crippen LogP contribution >= 0.6 is 0 Å². The molecule has 4 heteroatoms. The number of hydrogen-bond acceptors (Lipinski definition) is 0. The highest BCUT2D eigenvalue weighted by Gasteiger charge is 2.41. The van der Waals surface area contributed by atoms with Crippen molar-refractivity contribution in [2.75, 3.05) is 0 Å². The molecule has 11 aromatic carbocycles. The van der Waals surface area contributed by atoms with E-state index in [1.54, 1.807) is 0 Å². The smallest absolute Gasteiger partial charge is 0.179 e. The van der Waals surface area contributed by atoms with E-state index in [2.05, 4.69) is 287 Å².